The van der Waals surface area contributed by atoms with Crippen molar-refractivity contribution >= 4 is 17.7 Å². The average Bonchev–Trinajstić information content (AvgIpc) is 3.32. The molecule has 0 saturated carbocycles. The van der Waals surface area contributed by atoms with Crippen LogP contribution in [0.1, 0.15) is 32.1 Å². The normalized spacial score (nSPS) is 13.3. The maximum Gasteiger partial charge on any atom is 0.230 e. The molecular formula is C26H30N4O3S. The molecular weight excluding hydrogens is 448 g/mol. The molecule has 3 aromatic rings. The highest BCUT2D eigenvalue weighted by atomic mass is 32.2. The van der Waals surface area contributed by atoms with Crippen molar-refractivity contribution < 1.29 is 14.3 Å². The maximum atomic E-state index is 12.5. The lowest BCUT2D eigenvalue weighted by atomic mass is 9.97. The molecule has 2 aromatic carbocycles. The Labute approximate surface area is 204 Å². The van der Waals surface area contributed by atoms with Crippen LogP contribution in [0.25, 0.3) is 17.1 Å². The molecule has 1 aliphatic carbocycles. The van der Waals surface area contributed by atoms with E-state index >= 15 is 0 Å². The van der Waals surface area contributed by atoms with Crippen molar-refractivity contribution in [3.05, 3.63) is 60.2 Å². The summed E-state index contributed by atoms with van der Waals surface area (Å²) in [6.45, 7) is 0.670. The Morgan fingerprint density at radius 1 is 1.06 bits per heavy atom. The summed E-state index contributed by atoms with van der Waals surface area (Å²) < 4.78 is 12.8. The van der Waals surface area contributed by atoms with Crippen LogP contribution >= 0.6 is 11.8 Å². The van der Waals surface area contributed by atoms with Crippen molar-refractivity contribution in [3.63, 3.8) is 0 Å². The Hall–Kier alpha value is -3.26. The Kier molecular flexibility index (Phi) is 8.25. The van der Waals surface area contributed by atoms with E-state index in [9.17, 15) is 4.79 Å². The van der Waals surface area contributed by atoms with Gasteiger partial charge in [-0.3, -0.25) is 9.36 Å². The first-order valence-electron chi connectivity index (χ1n) is 11.5. The van der Waals surface area contributed by atoms with Crippen LogP contribution < -0.4 is 14.8 Å². The average molecular weight is 479 g/mol. The molecule has 0 aliphatic heterocycles. The molecule has 178 valence electrons. The zero-order valence-corrected chi connectivity index (χ0v) is 20.4. The van der Waals surface area contributed by atoms with E-state index in [1.165, 1.54) is 30.2 Å². The molecule has 0 spiro atoms. The number of carbonyl (C=O) groups is 1. The molecule has 1 aliphatic rings. The number of hydrogen-bond acceptors (Lipinski definition) is 6. The van der Waals surface area contributed by atoms with E-state index in [2.05, 4.69) is 21.6 Å². The van der Waals surface area contributed by atoms with Crippen LogP contribution in [0.3, 0.4) is 0 Å². The Morgan fingerprint density at radius 3 is 2.62 bits per heavy atom. The predicted octanol–water partition coefficient (Wildman–Crippen LogP) is 5.05. The molecule has 1 N–H and O–H groups in total. The molecule has 1 heterocycles. The number of ether oxygens (including phenoxy) is 2. The van der Waals surface area contributed by atoms with Crippen LogP contribution in [0.4, 0.5) is 0 Å². The lowest BCUT2D eigenvalue weighted by Crippen LogP contribution is -2.26. The highest BCUT2D eigenvalue weighted by molar-refractivity contribution is 7.99. The third-order valence-electron chi connectivity index (χ3n) is 5.78. The summed E-state index contributed by atoms with van der Waals surface area (Å²) in [5.74, 6) is 2.20. The van der Waals surface area contributed by atoms with Gasteiger partial charge >= 0.3 is 0 Å². The number of rotatable bonds is 10. The van der Waals surface area contributed by atoms with Gasteiger partial charge in [0.15, 0.2) is 22.5 Å². The number of amides is 1. The third-order valence-corrected chi connectivity index (χ3v) is 6.71. The van der Waals surface area contributed by atoms with Crippen molar-refractivity contribution in [2.75, 3.05) is 26.5 Å². The van der Waals surface area contributed by atoms with Gasteiger partial charge in [-0.1, -0.05) is 53.7 Å². The SMILES string of the molecule is COc1ccc(-n2c(SCC(=O)NCCC3=CCCCC3)nnc2-c2ccccc2)cc1OC. The zero-order valence-electron chi connectivity index (χ0n) is 19.6. The van der Waals surface area contributed by atoms with E-state index in [1.807, 2.05) is 53.1 Å². The van der Waals surface area contributed by atoms with Gasteiger partial charge in [0.05, 0.1) is 25.7 Å². The largest absolute Gasteiger partial charge is 0.493 e. The van der Waals surface area contributed by atoms with Crippen molar-refractivity contribution in [1.82, 2.24) is 20.1 Å². The molecule has 1 amide bonds. The maximum absolute atomic E-state index is 12.5. The topological polar surface area (TPSA) is 78.3 Å². The molecule has 0 radical (unpaired) electrons. The smallest absolute Gasteiger partial charge is 0.230 e. The summed E-state index contributed by atoms with van der Waals surface area (Å²) in [6, 6.07) is 15.5. The van der Waals surface area contributed by atoms with Gasteiger partial charge in [0, 0.05) is 18.2 Å². The first kappa shape index (κ1) is 23.9. The molecule has 0 saturated heterocycles. The van der Waals surface area contributed by atoms with E-state index in [0.717, 1.165) is 30.5 Å². The second-order valence-corrected chi connectivity index (χ2v) is 8.99. The molecule has 8 heteroatoms. The summed E-state index contributed by atoms with van der Waals surface area (Å²) >= 11 is 1.37. The van der Waals surface area contributed by atoms with Gasteiger partial charge in [-0.05, 0) is 44.2 Å². The molecule has 7 nitrogen and oxygen atoms in total. The first-order chi connectivity index (χ1) is 16.7. The van der Waals surface area contributed by atoms with Gasteiger partial charge in [0.2, 0.25) is 5.91 Å². The van der Waals surface area contributed by atoms with E-state index in [1.54, 1.807) is 14.2 Å². The van der Waals surface area contributed by atoms with E-state index in [4.69, 9.17) is 9.47 Å². The van der Waals surface area contributed by atoms with E-state index in [0.29, 0.717) is 29.0 Å². The standard InChI is InChI=1S/C26H30N4O3S/c1-32-22-14-13-21(17-23(22)33-2)30-25(20-11-7-4-8-12-20)28-29-26(30)34-18-24(31)27-16-15-19-9-5-3-6-10-19/h4,7-9,11-14,17H,3,5-6,10,15-16,18H2,1-2H3,(H,27,31). The number of nitrogens with zero attached hydrogens (tertiary/aromatic N) is 3. The molecule has 0 unspecified atom stereocenters. The lowest BCUT2D eigenvalue weighted by Gasteiger charge is -2.14. The third kappa shape index (κ3) is 5.80. The van der Waals surface area contributed by atoms with Gasteiger partial charge < -0.3 is 14.8 Å². The van der Waals surface area contributed by atoms with Crippen LogP contribution in [-0.4, -0.2) is 47.2 Å². The molecule has 4 rings (SSSR count). The summed E-state index contributed by atoms with van der Waals surface area (Å²) in [7, 11) is 3.21. The van der Waals surface area contributed by atoms with Gasteiger partial charge in [-0.25, -0.2) is 0 Å². The fraction of sp³-hybridized carbons (Fsp3) is 0.346. The molecule has 0 bridgehead atoms. The minimum atomic E-state index is -0.00969. The number of hydrogen-bond donors (Lipinski definition) is 1. The number of benzene rings is 2. The molecule has 1 aromatic heterocycles. The van der Waals surface area contributed by atoms with Crippen LogP contribution in [-0.2, 0) is 4.79 Å². The van der Waals surface area contributed by atoms with Gasteiger partial charge in [-0.2, -0.15) is 0 Å². The summed E-state index contributed by atoms with van der Waals surface area (Å²) in [5.41, 5.74) is 3.22. The highest BCUT2D eigenvalue weighted by Crippen LogP contribution is 2.33. The van der Waals surface area contributed by atoms with Gasteiger partial charge in [0.1, 0.15) is 0 Å². The van der Waals surface area contributed by atoms with Crippen LogP contribution in [0.2, 0.25) is 0 Å². The molecule has 34 heavy (non-hydrogen) atoms. The quantitative estimate of drug-likeness (QED) is 0.325. The molecule has 0 fully saturated rings. The van der Waals surface area contributed by atoms with Gasteiger partial charge in [-0.15, -0.1) is 10.2 Å². The van der Waals surface area contributed by atoms with Gasteiger partial charge in [0.25, 0.3) is 0 Å². The number of thioether (sulfide) groups is 1. The summed E-state index contributed by atoms with van der Waals surface area (Å²) in [6.07, 6.45) is 8.09. The lowest BCUT2D eigenvalue weighted by molar-refractivity contribution is -0.118. The molecule has 0 atom stereocenters. The summed E-state index contributed by atoms with van der Waals surface area (Å²) in [4.78, 5) is 12.5. The Balaban J connectivity index is 1.51. The summed E-state index contributed by atoms with van der Waals surface area (Å²) in [5, 5.41) is 12.5. The van der Waals surface area contributed by atoms with E-state index < -0.39 is 0 Å². The second-order valence-electron chi connectivity index (χ2n) is 8.04. The zero-order chi connectivity index (χ0) is 23.8. The van der Waals surface area contributed by atoms with Crippen molar-refractivity contribution in [1.29, 1.82) is 0 Å². The monoisotopic (exact) mass is 478 g/mol. The van der Waals surface area contributed by atoms with Crippen molar-refractivity contribution in [3.8, 4) is 28.6 Å². The number of carbonyl (C=O) groups excluding carboxylic acids is 1. The van der Waals surface area contributed by atoms with Crippen LogP contribution in [0.5, 0.6) is 11.5 Å². The van der Waals surface area contributed by atoms with Crippen molar-refractivity contribution in [2.45, 2.75) is 37.3 Å². The fourth-order valence-electron chi connectivity index (χ4n) is 4.01. The second kappa shape index (κ2) is 11.7. The number of aromatic nitrogens is 3. The Bertz CT molecular complexity index is 1140. The highest BCUT2D eigenvalue weighted by Gasteiger charge is 2.19. The van der Waals surface area contributed by atoms with Crippen LogP contribution in [0, 0.1) is 0 Å². The van der Waals surface area contributed by atoms with E-state index in [-0.39, 0.29) is 11.7 Å². The number of methoxy groups -OCH3 is 2. The fourth-order valence-corrected chi connectivity index (χ4v) is 4.79. The number of allylic oxidation sites excluding steroid dienone is 1. The minimum absolute atomic E-state index is 0.00969. The number of nitrogens with one attached hydrogen (secondary N) is 1. The van der Waals surface area contributed by atoms with Crippen LogP contribution in [0.15, 0.2) is 65.3 Å². The van der Waals surface area contributed by atoms with Crippen molar-refractivity contribution in [2.24, 2.45) is 0 Å². The Morgan fingerprint density at radius 2 is 1.88 bits per heavy atom. The minimum Gasteiger partial charge on any atom is -0.493 e. The predicted molar refractivity (Wildman–Crippen MR) is 135 cm³/mol. The first-order valence-corrected chi connectivity index (χ1v) is 12.5.